The van der Waals surface area contributed by atoms with Gasteiger partial charge in [-0.1, -0.05) is 19.8 Å². The molecule has 15 rings (SSSR count). The van der Waals surface area contributed by atoms with Gasteiger partial charge in [-0.15, -0.1) is 0 Å². The van der Waals surface area contributed by atoms with Crippen LogP contribution in [0.15, 0.2) is 147 Å². The summed E-state index contributed by atoms with van der Waals surface area (Å²) in [4.78, 5) is 60.9. The van der Waals surface area contributed by atoms with E-state index in [9.17, 15) is 9.59 Å². The number of carbonyl (C=O) groups is 2. The molecule has 0 radical (unpaired) electrons. The van der Waals surface area contributed by atoms with Crippen LogP contribution in [0.1, 0.15) is 130 Å². The number of anilines is 6. The molecular weight excluding hydrogens is 1300 g/mol. The maximum atomic E-state index is 11.6. The SMILES string of the molecule is C1CC2(CCN1)OCCO2.CC(C)(C)OC(=O)NCC1CCN(c2ccncc2)CC1.CCCC1CCN(c2ccncc2)CC1.N#CC1CCN(c2ccncc2)CC1.NCC1CCN(c2ccncc2)CC1.O=C1CCN(c2ccncc2)CC1.c1cc(N2CCC3(CC2)OCCO3)ccn1. The molecule has 0 aromatic carbocycles. The molecule has 6 aromatic heterocycles. The molecule has 103 heavy (non-hydrogen) atoms. The monoisotopic (exact) mass is 1410 g/mol. The van der Waals surface area contributed by atoms with E-state index in [1.807, 2.05) is 131 Å². The molecule has 23 nitrogen and oxygen atoms in total. The molecule has 0 unspecified atom stereocenters. The predicted molar refractivity (Wildman–Crippen MR) is 408 cm³/mol. The van der Waals surface area contributed by atoms with E-state index in [0.717, 1.165) is 175 Å². The minimum absolute atomic E-state index is 0.189. The Morgan fingerprint density at radius 1 is 0.495 bits per heavy atom. The summed E-state index contributed by atoms with van der Waals surface area (Å²) in [5, 5.41) is 14.9. The summed E-state index contributed by atoms with van der Waals surface area (Å²) >= 11 is 0. The molecule has 0 atom stereocenters. The predicted octanol–water partition coefficient (Wildman–Crippen LogP) is 11.8. The first-order valence-electron chi connectivity index (χ1n) is 38.0. The van der Waals surface area contributed by atoms with E-state index in [0.29, 0.717) is 31.1 Å². The van der Waals surface area contributed by atoms with E-state index >= 15 is 0 Å². The first-order chi connectivity index (χ1) is 50.3. The van der Waals surface area contributed by atoms with Crippen molar-refractivity contribution in [3.63, 3.8) is 0 Å². The summed E-state index contributed by atoms with van der Waals surface area (Å²) in [6.07, 6.45) is 39.0. The highest BCUT2D eigenvalue weighted by Crippen LogP contribution is 2.34. The van der Waals surface area contributed by atoms with Gasteiger partial charge in [-0.05, 0) is 169 Å². The maximum Gasteiger partial charge on any atom is 0.407 e. The molecule has 9 aliphatic heterocycles. The second-order valence-electron chi connectivity index (χ2n) is 28.8. The number of aromatic nitrogens is 6. The first kappa shape index (κ1) is 79.0. The Bertz CT molecular complexity index is 3280. The van der Waals surface area contributed by atoms with Gasteiger partial charge in [0.2, 0.25) is 0 Å². The molecule has 2 spiro atoms. The van der Waals surface area contributed by atoms with Crippen LogP contribution >= 0.6 is 0 Å². The van der Waals surface area contributed by atoms with Gasteiger partial charge in [0.05, 0.1) is 32.5 Å². The lowest BCUT2D eigenvalue weighted by atomic mass is 9.92. The summed E-state index contributed by atoms with van der Waals surface area (Å²) in [6, 6.07) is 26.9. The summed E-state index contributed by atoms with van der Waals surface area (Å²) in [6.45, 7) is 26.9. The number of piperidine rings is 7. The molecule has 6 aromatic rings. The highest BCUT2D eigenvalue weighted by Gasteiger charge is 2.40. The number of carbonyl (C=O) groups excluding carboxylic acids is 2. The number of ether oxygens (including phenoxy) is 5. The molecule has 9 fully saturated rings. The maximum absolute atomic E-state index is 11.6. The van der Waals surface area contributed by atoms with Crippen molar-refractivity contribution in [1.82, 2.24) is 40.5 Å². The zero-order chi connectivity index (χ0) is 72.2. The first-order valence-corrected chi connectivity index (χ1v) is 38.0. The van der Waals surface area contributed by atoms with Crippen molar-refractivity contribution in [3.8, 4) is 6.07 Å². The second-order valence-corrected chi connectivity index (χ2v) is 28.8. The van der Waals surface area contributed by atoms with E-state index in [1.165, 1.54) is 85.7 Å². The van der Waals surface area contributed by atoms with Crippen molar-refractivity contribution in [2.24, 2.45) is 29.4 Å². The van der Waals surface area contributed by atoms with Crippen LogP contribution in [0.5, 0.6) is 0 Å². The highest BCUT2D eigenvalue weighted by atomic mass is 16.7. The Kier molecular flexibility index (Phi) is 32.7. The molecule has 23 heteroatoms. The molecular formula is C80H116N16O7. The lowest BCUT2D eigenvalue weighted by molar-refractivity contribution is -0.172. The molecule has 1 amide bonds. The largest absolute Gasteiger partial charge is 0.444 e. The number of nitrogens with zero attached hydrogens (tertiary/aromatic N) is 13. The summed E-state index contributed by atoms with van der Waals surface area (Å²) in [5.74, 6) is 2.39. The zero-order valence-corrected chi connectivity index (χ0v) is 61.9. The number of rotatable bonds is 11. The number of Topliss-reactive ketones (excluding diaryl/α,β-unsaturated/α-hetero) is 1. The van der Waals surface area contributed by atoms with Crippen LogP contribution in [0.2, 0.25) is 0 Å². The number of nitrogens with two attached hydrogens (primary N) is 1. The number of nitrogens with one attached hydrogen (secondary N) is 2. The molecule has 4 N–H and O–H groups in total. The van der Waals surface area contributed by atoms with Crippen molar-refractivity contribution in [3.05, 3.63) is 147 Å². The molecule has 15 heterocycles. The number of amides is 1. The van der Waals surface area contributed by atoms with Crippen LogP contribution in [-0.4, -0.2) is 190 Å². The minimum Gasteiger partial charge on any atom is -0.444 e. The molecule has 0 bridgehead atoms. The third kappa shape index (κ3) is 27.1. The standard InChI is InChI=1S/C16H25N3O2.C13H20N2.C12H16N2O2.C11H17N3.C11H13N3.C10H12N2O.C7H13NO2/c1-16(2,3)21-15(20)18-12-13-6-10-19(11-7-13)14-4-8-17-9-5-14;1-2-3-12-6-10-15(11-7-12)13-4-8-14-9-5-13;1-5-13-6-2-11(1)14-7-3-12(4-8-14)15-9-10-16-12;2*12-9-10-3-7-14(8-4-10)11-1-5-13-6-2-11;13-10-3-7-12(8-4-10)9-1-5-11-6-2-9;1-3-8-4-2-7(1)9-5-6-10-7/h4-5,8-9,13H,6-7,10-12H2,1-3H3,(H,18,20);4-5,8-9,12H,2-3,6-7,10-11H2,1H3;1-2,5-6H,3-4,7-10H2;1-2,5-6,10H,3-4,7-9,12H2;1-2,5-6,10H,3-4,7-8H2;1-2,5-6H,3-4,7-8H2;8H,1-6H2. The fourth-order valence-electron chi connectivity index (χ4n) is 14.3. The zero-order valence-electron chi connectivity index (χ0n) is 61.9. The Morgan fingerprint density at radius 3 is 1.14 bits per heavy atom. The fraction of sp³-hybridized carbons (Fsp3) is 0.588. The highest BCUT2D eigenvalue weighted by molar-refractivity contribution is 5.81. The van der Waals surface area contributed by atoms with Crippen LogP contribution in [0.4, 0.5) is 38.9 Å². The Hall–Kier alpha value is -8.11. The smallest absolute Gasteiger partial charge is 0.407 e. The van der Waals surface area contributed by atoms with Crippen LogP contribution in [0.3, 0.4) is 0 Å². The second kappa shape index (κ2) is 42.6. The average molecular weight is 1410 g/mol. The van der Waals surface area contributed by atoms with Gasteiger partial charge in [0.15, 0.2) is 11.6 Å². The van der Waals surface area contributed by atoms with E-state index in [4.69, 9.17) is 34.7 Å². The van der Waals surface area contributed by atoms with Crippen molar-refractivity contribution in [2.45, 2.75) is 148 Å². The van der Waals surface area contributed by atoms with E-state index < -0.39 is 5.60 Å². The van der Waals surface area contributed by atoms with Crippen LogP contribution < -0.4 is 45.8 Å². The Morgan fingerprint density at radius 2 is 0.806 bits per heavy atom. The molecule has 9 aliphatic rings. The van der Waals surface area contributed by atoms with E-state index in [1.54, 1.807) is 12.4 Å². The minimum atomic E-state index is -0.436. The lowest BCUT2D eigenvalue weighted by Crippen LogP contribution is -2.45. The number of alkyl carbamates (subject to hydrolysis) is 1. The van der Waals surface area contributed by atoms with Gasteiger partial charge in [0, 0.05) is 251 Å². The van der Waals surface area contributed by atoms with Crippen molar-refractivity contribution < 1.29 is 33.3 Å². The van der Waals surface area contributed by atoms with Gasteiger partial charge in [-0.2, -0.15) is 5.26 Å². The van der Waals surface area contributed by atoms with Crippen molar-refractivity contribution in [1.29, 1.82) is 5.26 Å². The van der Waals surface area contributed by atoms with Crippen molar-refractivity contribution in [2.75, 3.05) is 161 Å². The van der Waals surface area contributed by atoms with Gasteiger partial charge in [0.25, 0.3) is 0 Å². The van der Waals surface area contributed by atoms with Gasteiger partial charge >= 0.3 is 6.09 Å². The Labute approximate surface area is 613 Å². The number of nitriles is 1. The summed E-state index contributed by atoms with van der Waals surface area (Å²) in [7, 11) is 0. The topological polar surface area (TPSA) is 251 Å². The number of hydrogen-bond acceptors (Lipinski definition) is 22. The summed E-state index contributed by atoms with van der Waals surface area (Å²) < 4.78 is 27.7. The van der Waals surface area contributed by atoms with Crippen LogP contribution in [0, 0.1) is 35.0 Å². The molecule has 9 saturated heterocycles. The average Bonchev–Trinajstić information content (AvgIpc) is 1.75. The Balaban J connectivity index is 0.000000141. The molecule has 0 saturated carbocycles. The fourth-order valence-corrected chi connectivity index (χ4v) is 14.3. The molecule has 0 aliphatic carbocycles. The van der Waals surface area contributed by atoms with Gasteiger partial charge in [0.1, 0.15) is 11.4 Å². The van der Waals surface area contributed by atoms with E-state index in [2.05, 4.69) is 107 Å². The number of pyridine rings is 6. The van der Waals surface area contributed by atoms with Crippen LogP contribution in [-0.2, 0) is 28.5 Å². The quantitative estimate of drug-likeness (QED) is 0.109. The third-order valence-corrected chi connectivity index (χ3v) is 20.5. The normalized spacial score (nSPS) is 19.9. The van der Waals surface area contributed by atoms with Gasteiger partial charge in [-0.3, -0.25) is 34.7 Å². The third-order valence-electron chi connectivity index (χ3n) is 20.5. The van der Waals surface area contributed by atoms with Gasteiger partial charge in [-0.25, -0.2) is 4.79 Å². The van der Waals surface area contributed by atoms with E-state index in [-0.39, 0.29) is 23.6 Å². The van der Waals surface area contributed by atoms with Gasteiger partial charge < -0.3 is 69.5 Å². The van der Waals surface area contributed by atoms with Crippen molar-refractivity contribution >= 4 is 46.0 Å². The number of ketones is 1. The number of hydrogen-bond donors (Lipinski definition) is 3. The van der Waals surface area contributed by atoms with Crippen LogP contribution in [0.25, 0.3) is 0 Å². The molecule has 558 valence electrons. The lowest BCUT2D eigenvalue weighted by Gasteiger charge is -2.38. The summed E-state index contributed by atoms with van der Waals surface area (Å²) in [5.41, 5.74) is 12.7.